The van der Waals surface area contributed by atoms with Crippen molar-refractivity contribution in [3.8, 4) is 0 Å². The average Bonchev–Trinajstić information content (AvgIpc) is 3.05. The molecule has 0 bridgehead atoms. The first-order valence-electron chi connectivity index (χ1n) is 9.40. The van der Waals surface area contributed by atoms with Crippen molar-refractivity contribution >= 4 is 50.9 Å². The van der Waals surface area contributed by atoms with Gasteiger partial charge in [0.05, 0.1) is 11.1 Å². The van der Waals surface area contributed by atoms with Gasteiger partial charge in [0.25, 0.3) is 5.56 Å². The number of hydrogen-bond acceptors (Lipinski definition) is 6. The number of hydrogen-bond donors (Lipinski definition) is 0. The Bertz CT molecular complexity index is 1150. The molecule has 29 heavy (non-hydrogen) atoms. The van der Waals surface area contributed by atoms with Gasteiger partial charge in [-0.3, -0.25) is 14.2 Å². The molecule has 0 radical (unpaired) electrons. The van der Waals surface area contributed by atoms with E-state index in [-0.39, 0.29) is 21.8 Å². The number of benzene rings is 1. The maximum Gasteiger partial charge on any atom is 0.263 e. The van der Waals surface area contributed by atoms with Crippen LogP contribution >= 0.6 is 34.9 Å². The highest BCUT2D eigenvalue weighted by atomic mass is 32.2. The largest absolute Gasteiger partial charge is 0.293 e. The molecule has 3 heterocycles. The lowest BCUT2D eigenvalue weighted by atomic mass is 10.00. The van der Waals surface area contributed by atoms with Gasteiger partial charge in [-0.05, 0) is 12.0 Å². The smallest absolute Gasteiger partial charge is 0.263 e. The summed E-state index contributed by atoms with van der Waals surface area (Å²) in [5.41, 5.74) is 1.80. The molecule has 0 saturated heterocycles. The molecule has 0 aliphatic carbocycles. The van der Waals surface area contributed by atoms with Crippen molar-refractivity contribution in [2.75, 3.05) is 5.75 Å². The van der Waals surface area contributed by atoms with E-state index >= 15 is 0 Å². The second kappa shape index (κ2) is 8.13. The van der Waals surface area contributed by atoms with E-state index in [0.717, 1.165) is 28.0 Å². The summed E-state index contributed by atoms with van der Waals surface area (Å²) in [4.78, 5) is 32.7. The fraction of sp³-hybridized carbons (Fsp3) is 0.318. The second-order valence-corrected chi connectivity index (χ2v) is 11.3. The second-order valence-electron chi connectivity index (χ2n) is 7.59. The van der Waals surface area contributed by atoms with Gasteiger partial charge in [-0.25, -0.2) is 4.98 Å². The number of Topliss-reactive ketones (excluding diaryl/α,β-unsaturated/α-hetero) is 1. The van der Waals surface area contributed by atoms with Crippen molar-refractivity contribution in [1.29, 1.82) is 0 Å². The van der Waals surface area contributed by atoms with Crippen LogP contribution in [-0.2, 0) is 18.7 Å². The molecule has 0 fully saturated rings. The van der Waals surface area contributed by atoms with Crippen LogP contribution in [0.15, 0.2) is 52.9 Å². The normalized spacial score (nSPS) is 15.2. The molecule has 1 aliphatic heterocycles. The number of allylic oxidation sites excluding steroid dienone is 1. The Hall–Kier alpha value is -1.83. The molecule has 7 heteroatoms. The minimum absolute atomic E-state index is 0.0234. The van der Waals surface area contributed by atoms with Crippen LogP contribution in [0.3, 0.4) is 0 Å². The molecule has 0 saturated carbocycles. The van der Waals surface area contributed by atoms with Gasteiger partial charge < -0.3 is 0 Å². The highest BCUT2D eigenvalue weighted by Crippen LogP contribution is 2.44. The third kappa shape index (κ3) is 4.09. The Kier molecular flexibility index (Phi) is 5.73. The summed E-state index contributed by atoms with van der Waals surface area (Å²) >= 11 is 4.86. The van der Waals surface area contributed by atoms with E-state index in [4.69, 9.17) is 4.98 Å². The van der Waals surface area contributed by atoms with Crippen LogP contribution < -0.4 is 5.56 Å². The van der Waals surface area contributed by atoms with E-state index in [1.807, 2.05) is 42.1 Å². The Balaban J connectivity index is 1.73. The minimum Gasteiger partial charge on any atom is -0.293 e. The number of fused-ring (bicyclic) bond motifs is 3. The molecule has 0 atom stereocenters. The lowest BCUT2D eigenvalue weighted by Crippen LogP contribution is -2.26. The zero-order chi connectivity index (χ0) is 20.6. The zero-order valence-corrected chi connectivity index (χ0v) is 18.9. The van der Waals surface area contributed by atoms with E-state index < -0.39 is 0 Å². The number of nitrogens with zero attached hydrogens (tertiary/aromatic N) is 2. The predicted octanol–water partition coefficient (Wildman–Crippen LogP) is 5.19. The van der Waals surface area contributed by atoms with Crippen LogP contribution in [-0.4, -0.2) is 25.8 Å². The molecular weight excluding hydrogens is 420 g/mol. The van der Waals surface area contributed by atoms with Crippen molar-refractivity contribution < 1.29 is 4.79 Å². The van der Waals surface area contributed by atoms with E-state index in [1.165, 1.54) is 16.6 Å². The SMILES string of the molecule is C=CCn1c(SCC(=O)c2ccccc2)nc2sc3c(c2c1=O)CC(C)(C)SC3. The third-order valence-corrected chi connectivity index (χ3v) is 8.54. The van der Waals surface area contributed by atoms with Crippen LogP contribution in [0.1, 0.15) is 34.6 Å². The lowest BCUT2D eigenvalue weighted by molar-refractivity contribution is 0.102. The Morgan fingerprint density at radius 1 is 1.34 bits per heavy atom. The molecule has 1 aliphatic rings. The minimum atomic E-state index is -0.0234. The van der Waals surface area contributed by atoms with Crippen LogP contribution in [0, 0.1) is 0 Å². The van der Waals surface area contributed by atoms with Crippen LogP contribution in [0.5, 0.6) is 0 Å². The van der Waals surface area contributed by atoms with Crippen molar-refractivity contribution in [3.63, 3.8) is 0 Å². The number of aromatic nitrogens is 2. The zero-order valence-electron chi connectivity index (χ0n) is 16.4. The van der Waals surface area contributed by atoms with Crippen LogP contribution in [0.25, 0.3) is 10.2 Å². The number of thiophene rings is 1. The molecule has 0 spiro atoms. The van der Waals surface area contributed by atoms with Gasteiger partial charge in [0.15, 0.2) is 10.9 Å². The fourth-order valence-electron chi connectivity index (χ4n) is 3.45. The summed E-state index contributed by atoms with van der Waals surface area (Å²) in [7, 11) is 0. The van der Waals surface area contributed by atoms with Crippen LogP contribution in [0.4, 0.5) is 0 Å². The Morgan fingerprint density at radius 2 is 2.10 bits per heavy atom. The first-order valence-corrected chi connectivity index (χ1v) is 12.2. The standard InChI is InChI=1S/C22H22N2O2S3/c1-4-10-24-20(26)18-15-11-22(2,3)28-13-17(15)29-19(18)23-21(24)27-12-16(25)14-8-6-5-7-9-14/h4-9H,1,10-13H2,2-3H3. The molecule has 3 aromatic rings. The molecular formula is C22H22N2O2S3. The molecule has 1 aromatic carbocycles. The number of thioether (sulfide) groups is 2. The van der Waals surface area contributed by atoms with Crippen molar-refractivity contribution in [3.05, 3.63) is 69.3 Å². The molecule has 0 amide bonds. The van der Waals surface area contributed by atoms with Gasteiger partial charge in [-0.1, -0.05) is 62.0 Å². The topological polar surface area (TPSA) is 52.0 Å². The summed E-state index contributed by atoms with van der Waals surface area (Å²) in [6.07, 6.45) is 2.58. The molecule has 2 aromatic heterocycles. The summed E-state index contributed by atoms with van der Waals surface area (Å²) in [6, 6.07) is 9.21. The van der Waals surface area contributed by atoms with Crippen LogP contribution in [0.2, 0.25) is 0 Å². The molecule has 0 N–H and O–H groups in total. The molecule has 4 nitrogen and oxygen atoms in total. The summed E-state index contributed by atoms with van der Waals surface area (Å²) < 4.78 is 1.77. The Morgan fingerprint density at radius 3 is 2.83 bits per heavy atom. The van der Waals surface area contributed by atoms with Crippen molar-refractivity contribution in [2.45, 2.75) is 42.5 Å². The summed E-state index contributed by atoms with van der Waals surface area (Å²) in [5.74, 6) is 1.19. The number of ketones is 1. The van der Waals surface area contributed by atoms with Crippen molar-refractivity contribution in [2.24, 2.45) is 0 Å². The number of rotatable bonds is 6. The van der Waals surface area contributed by atoms with Gasteiger partial charge in [-0.2, -0.15) is 0 Å². The van der Waals surface area contributed by atoms with Gasteiger partial charge in [0.2, 0.25) is 0 Å². The van der Waals surface area contributed by atoms with Gasteiger partial charge >= 0.3 is 0 Å². The maximum atomic E-state index is 13.4. The third-order valence-electron chi connectivity index (χ3n) is 4.90. The molecule has 0 unspecified atom stereocenters. The predicted molar refractivity (Wildman–Crippen MR) is 125 cm³/mol. The van der Waals surface area contributed by atoms with E-state index in [2.05, 4.69) is 20.4 Å². The highest BCUT2D eigenvalue weighted by molar-refractivity contribution is 8.00. The van der Waals surface area contributed by atoms with E-state index in [0.29, 0.717) is 17.3 Å². The van der Waals surface area contributed by atoms with E-state index in [1.54, 1.807) is 22.0 Å². The highest BCUT2D eigenvalue weighted by Gasteiger charge is 2.31. The van der Waals surface area contributed by atoms with Crippen molar-refractivity contribution in [1.82, 2.24) is 9.55 Å². The average molecular weight is 443 g/mol. The monoisotopic (exact) mass is 442 g/mol. The quantitative estimate of drug-likeness (QED) is 0.228. The van der Waals surface area contributed by atoms with Gasteiger partial charge in [0, 0.05) is 27.5 Å². The first kappa shape index (κ1) is 20.4. The fourth-order valence-corrected chi connectivity index (χ4v) is 6.73. The summed E-state index contributed by atoms with van der Waals surface area (Å²) in [5, 5.41) is 1.33. The molecule has 150 valence electrons. The van der Waals surface area contributed by atoms with E-state index in [9.17, 15) is 9.59 Å². The Labute approximate surface area is 182 Å². The lowest BCUT2D eigenvalue weighted by Gasteiger charge is -2.28. The summed E-state index contributed by atoms with van der Waals surface area (Å²) in [6.45, 7) is 8.62. The number of carbonyl (C=O) groups is 1. The van der Waals surface area contributed by atoms with Gasteiger partial charge in [-0.15, -0.1) is 29.7 Å². The van der Waals surface area contributed by atoms with Gasteiger partial charge in [0.1, 0.15) is 4.83 Å². The first-order chi connectivity index (χ1) is 13.9. The molecule has 4 rings (SSSR count). The maximum absolute atomic E-state index is 13.4. The number of carbonyl (C=O) groups excluding carboxylic acids is 1.